The Labute approximate surface area is 154 Å². The first kappa shape index (κ1) is 17.9. The van der Waals surface area contributed by atoms with Gasteiger partial charge in [0.2, 0.25) is 0 Å². The van der Waals surface area contributed by atoms with Crippen LogP contribution in [-0.2, 0) is 6.54 Å². The predicted octanol–water partition coefficient (Wildman–Crippen LogP) is 4.88. The number of carbonyl (C=O) groups is 1. The topological polar surface area (TPSA) is 46.1 Å². The van der Waals surface area contributed by atoms with Crippen LogP contribution in [0.5, 0.6) is 0 Å². The molecule has 0 atom stereocenters. The van der Waals surface area contributed by atoms with Crippen molar-refractivity contribution in [1.29, 1.82) is 0 Å². The van der Waals surface area contributed by atoms with Crippen molar-refractivity contribution in [3.8, 4) is 5.69 Å². The number of halogens is 1. The first-order valence-electron chi connectivity index (χ1n) is 9.02. The van der Waals surface area contributed by atoms with E-state index in [-0.39, 0.29) is 6.03 Å². The molecular formula is C20H26ClN3O. The van der Waals surface area contributed by atoms with Crippen LogP contribution in [0.4, 0.5) is 4.79 Å². The quantitative estimate of drug-likeness (QED) is 0.802. The molecule has 1 fully saturated rings. The number of hydrogen-bond acceptors (Lipinski definition) is 1. The first-order chi connectivity index (χ1) is 12.0. The summed E-state index contributed by atoms with van der Waals surface area (Å²) < 4.78 is 2.19. The lowest BCUT2D eigenvalue weighted by Gasteiger charge is -2.22. The zero-order chi connectivity index (χ0) is 17.8. The van der Waals surface area contributed by atoms with Gasteiger partial charge in [-0.05, 0) is 62.6 Å². The van der Waals surface area contributed by atoms with E-state index in [4.69, 9.17) is 11.6 Å². The number of aryl methyl sites for hydroxylation is 1. The number of urea groups is 1. The molecule has 1 aliphatic rings. The molecule has 1 aromatic heterocycles. The van der Waals surface area contributed by atoms with E-state index in [0.29, 0.717) is 12.6 Å². The van der Waals surface area contributed by atoms with E-state index in [2.05, 4.69) is 35.1 Å². The summed E-state index contributed by atoms with van der Waals surface area (Å²) in [6.07, 6.45) is 5.91. The number of hydrogen-bond donors (Lipinski definition) is 2. The molecule has 0 spiro atoms. The highest BCUT2D eigenvalue weighted by atomic mass is 35.5. The van der Waals surface area contributed by atoms with E-state index in [1.54, 1.807) is 0 Å². The molecule has 134 valence electrons. The van der Waals surface area contributed by atoms with E-state index in [1.807, 2.05) is 24.3 Å². The number of nitrogens with one attached hydrogen (secondary N) is 2. The Hall–Kier alpha value is -1.94. The Morgan fingerprint density at radius 2 is 1.84 bits per heavy atom. The van der Waals surface area contributed by atoms with Gasteiger partial charge in [-0.2, -0.15) is 0 Å². The standard InChI is InChI=1S/C20H26ClN3O/c1-14-12-16(13-22-20(25)23-18-6-4-3-5-7-18)15(2)24(14)19-10-8-17(21)9-11-19/h8-12,18H,3-7,13H2,1-2H3,(H2,22,23,25). The molecule has 0 saturated heterocycles. The highest BCUT2D eigenvalue weighted by Gasteiger charge is 2.16. The third-order valence-electron chi connectivity index (χ3n) is 5.00. The van der Waals surface area contributed by atoms with Crippen LogP contribution in [-0.4, -0.2) is 16.6 Å². The molecule has 1 aromatic carbocycles. The fourth-order valence-electron chi connectivity index (χ4n) is 3.65. The lowest BCUT2D eigenvalue weighted by Crippen LogP contribution is -2.42. The smallest absolute Gasteiger partial charge is 0.315 e. The summed E-state index contributed by atoms with van der Waals surface area (Å²) in [5.74, 6) is 0. The van der Waals surface area contributed by atoms with Gasteiger partial charge >= 0.3 is 6.03 Å². The Kier molecular flexibility index (Phi) is 5.69. The zero-order valence-corrected chi connectivity index (χ0v) is 15.7. The van der Waals surface area contributed by atoms with Gasteiger partial charge in [-0.3, -0.25) is 0 Å². The largest absolute Gasteiger partial charge is 0.335 e. The summed E-state index contributed by atoms with van der Waals surface area (Å²) in [4.78, 5) is 12.2. The summed E-state index contributed by atoms with van der Waals surface area (Å²) in [7, 11) is 0. The number of rotatable bonds is 4. The summed E-state index contributed by atoms with van der Waals surface area (Å²) >= 11 is 5.98. The number of aromatic nitrogens is 1. The Morgan fingerprint density at radius 1 is 1.16 bits per heavy atom. The Morgan fingerprint density at radius 3 is 2.52 bits per heavy atom. The van der Waals surface area contributed by atoms with E-state index >= 15 is 0 Å². The summed E-state index contributed by atoms with van der Waals surface area (Å²) in [6.45, 7) is 4.69. The maximum absolute atomic E-state index is 12.2. The van der Waals surface area contributed by atoms with Gasteiger partial charge < -0.3 is 15.2 Å². The van der Waals surface area contributed by atoms with Gasteiger partial charge in [0.05, 0.1) is 0 Å². The monoisotopic (exact) mass is 359 g/mol. The van der Waals surface area contributed by atoms with Gasteiger partial charge in [0, 0.05) is 34.7 Å². The van der Waals surface area contributed by atoms with Crippen molar-refractivity contribution >= 4 is 17.6 Å². The molecule has 25 heavy (non-hydrogen) atoms. The van der Waals surface area contributed by atoms with E-state index in [0.717, 1.165) is 40.5 Å². The van der Waals surface area contributed by atoms with Crippen molar-refractivity contribution in [2.24, 2.45) is 0 Å². The summed E-state index contributed by atoms with van der Waals surface area (Å²) in [5, 5.41) is 6.83. The van der Waals surface area contributed by atoms with Crippen molar-refractivity contribution in [3.63, 3.8) is 0 Å². The van der Waals surface area contributed by atoms with E-state index < -0.39 is 0 Å². The lowest BCUT2D eigenvalue weighted by molar-refractivity contribution is 0.232. The highest BCUT2D eigenvalue weighted by Crippen LogP contribution is 2.22. The molecular weight excluding hydrogens is 334 g/mol. The van der Waals surface area contributed by atoms with Crippen molar-refractivity contribution in [3.05, 3.63) is 52.3 Å². The van der Waals surface area contributed by atoms with Crippen molar-refractivity contribution in [2.75, 3.05) is 0 Å². The number of nitrogens with zero attached hydrogens (tertiary/aromatic N) is 1. The van der Waals surface area contributed by atoms with E-state index in [9.17, 15) is 4.79 Å². The summed E-state index contributed by atoms with van der Waals surface area (Å²) in [5.41, 5.74) is 4.49. The molecule has 0 unspecified atom stereocenters. The highest BCUT2D eigenvalue weighted by molar-refractivity contribution is 6.30. The molecule has 1 saturated carbocycles. The minimum absolute atomic E-state index is 0.0665. The molecule has 4 nitrogen and oxygen atoms in total. The molecule has 0 radical (unpaired) electrons. The number of benzene rings is 1. The van der Waals surface area contributed by atoms with Crippen LogP contribution in [0.1, 0.15) is 49.1 Å². The second-order valence-corrected chi connectivity index (χ2v) is 7.31. The van der Waals surface area contributed by atoms with Crippen LogP contribution < -0.4 is 10.6 Å². The van der Waals surface area contributed by atoms with E-state index in [1.165, 1.54) is 19.3 Å². The van der Waals surface area contributed by atoms with Crippen molar-refractivity contribution in [1.82, 2.24) is 15.2 Å². The third kappa shape index (κ3) is 4.37. The minimum atomic E-state index is -0.0665. The molecule has 0 aliphatic heterocycles. The first-order valence-corrected chi connectivity index (χ1v) is 9.40. The third-order valence-corrected chi connectivity index (χ3v) is 5.25. The summed E-state index contributed by atoms with van der Waals surface area (Å²) in [6, 6.07) is 10.2. The number of amides is 2. The fraction of sp³-hybridized carbons (Fsp3) is 0.450. The molecule has 3 rings (SSSR count). The molecule has 2 amide bonds. The van der Waals surface area contributed by atoms with Crippen LogP contribution in [0.2, 0.25) is 5.02 Å². The lowest BCUT2D eigenvalue weighted by atomic mass is 9.96. The van der Waals surface area contributed by atoms with Gasteiger partial charge in [0.25, 0.3) is 0 Å². The fourth-order valence-corrected chi connectivity index (χ4v) is 3.78. The van der Waals surface area contributed by atoms with Crippen LogP contribution in [0.25, 0.3) is 5.69 Å². The van der Waals surface area contributed by atoms with Crippen molar-refractivity contribution in [2.45, 2.75) is 58.5 Å². The Bertz CT molecular complexity index is 730. The van der Waals surface area contributed by atoms with Crippen molar-refractivity contribution < 1.29 is 4.79 Å². The zero-order valence-electron chi connectivity index (χ0n) is 14.9. The van der Waals surface area contributed by atoms with Gasteiger partial charge in [-0.1, -0.05) is 30.9 Å². The van der Waals surface area contributed by atoms with Crippen LogP contribution in [0.15, 0.2) is 30.3 Å². The normalized spacial score (nSPS) is 15.2. The molecule has 0 bridgehead atoms. The van der Waals surface area contributed by atoms with Gasteiger partial charge in [0.1, 0.15) is 0 Å². The average molecular weight is 360 g/mol. The van der Waals surface area contributed by atoms with Gasteiger partial charge in [-0.25, -0.2) is 4.79 Å². The molecule has 2 aromatic rings. The average Bonchev–Trinajstić information content (AvgIpc) is 2.89. The second kappa shape index (κ2) is 7.96. The SMILES string of the molecule is Cc1cc(CNC(=O)NC2CCCCC2)c(C)n1-c1ccc(Cl)cc1. The van der Waals surface area contributed by atoms with Gasteiger partial charge in [-0.15, -0.1) is 0 Å². The Balaban J connectivity index is 1.64. The van der Waals surface area contributed by atoms with Gasteiger partial charge in [0.15, 0.2) is 0 Å². The molecule has 5 heteroatoms. The molecule has 1 heterocycles. The predicted molar refractivity (Wildman–Crippen MR) is 102 cm³/mol. The van der Waals surface area contributed by atoms with Crippen LogP contribution in [0, 0.1) is 13.8 Å². The number of carbonyl (C=O) groups excluding carboxylic acids is 1. The van der Waals surface area contributed by atoms with Crippen LogP contribution >= 0.6 is 11.6 Å². The molecule has 1 aliphatic carbocycles. The maximum Gasteiger partial charge on any atom is 0.315 e. The molecule has 2 N–H and O–H groups in total. The minimum Gasteiger partial charge on any atom is -0.335 e. The second-order valence-electron chi connectivity index (χ2n) is 6.87. The van der Waals surface area contributed by atoms with Crippen LogP contribution in [0.3, 0.4) is 0 Å². The maximum atomic E-state index is 12.2.